The highest BCUT2D eigenvalue weighted by Gasteiger charge is 2.13. The maximum atomic E-state index is 13.1. The number of hydrogen-bond acceptors (Lipinski definition) is 1. The lowest BCUT2D eigenvalue weighted by molar-refractivity contribution is 0.356. The van der Waals surface area contributed by atoms with Gasteiger partial charge in [0.15, 0.2) is 0 Å². The maximum Gasteiger partial charge on any atom is 0.148 e. The van der Waals surface area contributed by atoms with E-state index in [9.17, 15) is 4.39 Å². The van der Waals surface area contributed by atoms with Crippen molar-refractivity contribution in [2.45, 2.75) is 0 Å². The van der Waals surface area contributed by atoms with Crippen LogP contribution in [0.15, 0.2) is 18.2 Å². The van der Waals surface area contributed by atoms with Crippen LogP contribution in [0.1, 0.15) is 5.56 Å². The Morgan fingerprint density at radius 2 is 2.25 bits per heavy atom. The van der Waals surface area contributed by atoms with Gasteiger partial charge in [0.05, 0.1) is 10.6 Å². The molecule has 1 aromatic carbocycles. The van der Waals surface area contributed by atoms with Gasteiger partial charge in [0.2, 0.25) is 0 Å². The molecule has 12 heavy (non-hydrogen) atoms. The zero-order chi connectivity index (χ0) is 8.55. The molecule has 0 fully saturated rings. The summed E-state index contributed by atoms with van der Waals surface area (Å²) in [6, 6.07) is 2.83. The van der Waals surface area contributed by atoms with Crippen LogP contribution in [0.5, 0.6) is 5.75 Å². The van der Waals surface area contributed by atoms with Gasteiger partial charge in [-0.25, -0.2) is 4.39 Å². The van der Waals surface area contributed by atoms with Gasteiger partial charge in [-0.3, -0.25) is 0 Å². The molecule has 1 aliphatic heterocycles. The first-order valence-electron chi connectivity index (χ1n) is 3.56. The number of fused-ring (bicyclic) bond motifs is 1. The molecule has 1 aliphatic rings. The lowest BCUT2D eigenvalue weighted by atomic mass is 10.1. The maximum absolute atomic E-state index is 13.1. The monoisotopic (exact) mass is 184 g/mol. The second kappa shape index (κ2) is 2.79. The SMILES string of the molecule is Fc1ccc(Cl)c2c1C=CCO2. The molecule has 0 atom stereocenters. The van der Waals surface area contributed by atoms with Crippen molar-refractivity contribution in [2.75, 3.05) is 6.61 Å². The molecular formula is C9H6ClFO. The van der Waals surface area contributed by atoms with Gasteiger partial charge < -0.3 is 4.74 Å². The van der Waals surface area contributed by atoms with Crippen molar-refractivity contribution in [3.05, 3.63) is 34.6 Å². The molecule has 0 amide bonds. The van der Waals surface area contributed by atoms with Crippen molar-refractivity contribution >= 4 is 17.7 Å². The van der Waals surface area contributed by atoms with Crippen LogP contribution in [0.4, 0.5) is 4.39 Å². The lowest BCUT2D eigenvalue weighted by Gasteiger charge is -2.13. The van der Waals surface area contributed by atoms with Crippen LogP contribution < -0.4 is 4.74 Å². The van der Waals surface area contributed by atoms with Crippen molar-refractivity contribution in [3.8, 4) is 5.75 Å². The molecule has 62 valence electrons. The summed E-state index contributed by atoms with van der Waals surface area (Å²) in [5.74, 6) is 0.143. The molecule has 0 aromatic heterocycles. The summed E-state index contributed by atoms with van der Waals surface area (Å²) in [6.07, 6.45) is 3.43. The van der Waals surface area contributed by atoms with E-state index in [2.05, 4.69) is 0 Å². The largest absolute Gasteiger partial charge is 0.487 e. The van der Waals surface area contributed by atoms with Crippen LogP contribution in [0.2, 0.25) is 5.02 Å². The molecule has 1 aromatic rings. The molecule has 0 spiro atoms. The fraction of sp³-hybridized carbons (Fsp3) is 0.111. The molecular weight excluding hydrogens is 179 g/mol. The van der Waals surface area contributed by atoms with Gasteiger partial charge in [-0.15, -0.1) is 0 Å². The number of halogens is 2. The van der Waals surface area contributed by atoms with Gasteiger partial charge in [-0.05, 0) is 24.3 Å². The Labute approximate surface area is 74.4 Å². The fourth-order valence-corrected chi connectivity index (χ4v) is 1.37. The van der Waals surface area contributed by atoms with Crippen molar-refractivity contribution in [1.29, 1.82) is 0 Å². The van der Waals surface area contributed by atoms with Gasteiger partial charge in [-0.1, -0.05) is 11.6 Å². The predicted octanol–water partition coefficient (Wildman–Crippen LogP) is 2.88. The number of ether oxygens (including phenoxy) is 1. The highest BCUT2D eigenvalue weighted by Crippen LogP contribution is 2.33. The number of hydrogen-bond donors (Lipinski definition) is 0. The van der Waals surface area contributed by atoms with Crippen LogP contribution in [-0.2, 0) is 0 Å². The predicted molar refractivity (Wildman–Crippen MR) is 45.9 cm³/mol. The molecule has 0 radical (unpaired) electrons. The Hall–Kier alpha value is -1.02. The first kappa shape index (κ1) is 7.62. The first-order chi connectivity index (χ1) is 5.79. The minimum Gasteiger partial charge on any atom is -0.487 e. The smallest absolute Gasteiger partial charge is 0.148 e. The van der Waals surface area contributed by atoms with E-state index in [0.29, 0.717) is 22.9 Å². The van der Waals surface area contributed by atoms with Crippen molar-refractivity contribution in [1.82, 2.24) is 0 Å². The molecule has 0 bridgehead atoms. The van der Waals surface area contributed by atoms with Gasteiger partial charge in [0.1, 0.15) is 18.2 Å². The Kier molecular flexibility index (Phi) is 1.77. The average molecular weight is 185 g/mol. The molecule has 0 aliphatic carbocycles. The second-order valence-corrected chi connectivity index (χ2v) is 2.89. The van der Waals surface area contributed by atoms with Crippen molar-refractivity contribution < 1.29 is 9.13 Å². The number of benzene rings is 1. The van der Waals surface area contributed by atoms with Gasteiger partial charge >= 0.3 is 0 Å². The third kappa shape index (κ3) is 1.08. The summed E-state index contributed by atoms with van der Waals surface area (Å²) in [6.45, 7) is 0.455. The quantitative estimate of drug-likeness (QED) is 0.603. The van der Waals surface area contributed by atoms with Gasteiger partial charge in [-0.2, -0.15) is 0 Å². The Bertz CT molecular complexity index is 347. The van der Waals surface area contributed by atoms with Crippen LogP contribution >= 0.6 is 11.6 Å². The Morgan fingerprint density at radius 3 is 3.00 bits per heavy atom. The Morgan fingerprint density at radius 1 is 1.42 bits per heavy atom. The summed E-state index contributed by atoms with van der Waals surface area (Å²) in [7, 11) is 0. The standard InChI is InChI=1S/C9H6ClFO/c10-7-3-4-8(11)6-2-1-5-12-9(6)7/h1-4H,5H2. The molecule has 0 saturated carbocycles. The third-order valence-electron chi connectivity index (χ3n) is 1.70. The second-order valence-electron chi connectivity index (χ2n) is 2.49. The molecule has 0 saturated heterocycles. The van der Waals surface area contributed by atoms with Crippen LogP contribution in [0, 0.1) is 5.82 Å². The van der Waals surface area contributed by atoms with Crippen LogP contribution in [0.3, 0.4) is 0 Å². The summed E-state index contributed by atoms with van der Waals surface area (Å²) in [5, 5.41) is 0.454. The van der Waals surface area contributed by atoms with E-state index in [1.807, 2.05) is 0 Å². The first-order valence-corrected chi connectivity index (χ1v) is 3.94. The molecule has 0 unspecified atom stereocenters. The van der Waals surface area contributed by atoms with E-state index < -0.39 is 0 Å². The van der Waals surface area contributed by atoms with Crippen LogP contribution in [0.25, 0.3) is 6.08 Å². The molecule has 2 rings (SSSR count). The van der Waals surface area contributed by atoms with Gasteiger partial charge in [0, 0.05) is 0 Å². The summed E-state index contributed by atoms with van der Waals surface area (Å²) in [5.41, 5.74) is 0.439. The van der Waals surface area contributed by atoms with E-state index in [1.54, 1.807) is 12.2 Å². The van der Waals surface area contributed by atoms with E-state index in [-0.39, 0.29) is 5.82 Å². The highest BCUT2D eigenvalue weighted by molar-refractivity contribution is 6.32. The van der Waals surface area contributed by atoms with Crippen molar-refractivity contribution in [2.24, 2.45) is 0 Å². The zero-order valence-electron chi connectivity index (χ0n) is 6.18. The molecule has 1 nitrogen and oxygen atoms in total. The minimum atomic E-state index is -0.301. The third-order valence-corrected chi connectivity index (χ3v) is 2.00. The van der Waals surface area contributed by atoms with E-state index in [1.165, 1.54) is 12.1 Å². The summed E-state index contributed by atoms with van der Waals surface area (Å²) in [4.78, 5) is 0. The van der Waals surface area contributed by atoms with E-state index in [4.69, 9.17) is 16.3 Å². The van der Waals surface area contributed by atoms with Crippen molar-refractivity contribution in [3.63, 3.8) is 0 Å². The zero-order valence-corrected chi connectivity index (χ0v) is 6.94. The number of rotatable bonds is 0. The normalized spacial score (nSPS) is 13.8. The molecule has 0 N–H and O–H groups in total. The summed E-state index contributed by atoms with van der Waals surface area (Å²) < 4.78 is 18.2. The highest BCUT2D eigenvalue weighted by atomic mass is 35.5. The van der Waals surface area contributed by atoms with E-state index >= 15 is 0 Å². The topological polar surface area (TPSA) is 9.23 Å². The fourth-order valence-electron chi connectivity index (χ4n) is 1.15. The van der Waals surface area contributed by atoms with Crippen LogP contribution in [-0.4, -0.2) is 6.61 Å². The van der Waals surface area contributed by atoms with E-state index in [0.717, 1.165) is 0 Å². The molecule has 1 heterocycles. The lowest BCUT2D eigenvalue weighted by Crippen LogP contribution is -2.02. The van der Waals surface area contributed by atoms with Gasteiger partial charge in [0.25, 0.3) is 0 Å². The average Bonchev–Trinajstić information content (AvgIpc) is 2.12. The Balaban J connectivity index is 2.67. The summed E-state index contributed by atoms with van der Waals surface area (Å²) >= 11 is 5.79. The molecule has 3 heteroatoms. The minimum absolute atomic E-state index is 0.301.